The molecule has 0 unspecified atom stereocenters. The van der Waals surface area contributed by atoms with E-state index in [0.29, 0.717) is 17.3 Å². The van der Waals surface area contributed by atoms with Crippen molar-refractivity contribution in [2.75, 3.05) is 5.32 Å². The molecule has 0 bridgehead atoms. The zero-order chi connectivity index (χ0) is 13.8. The number of H-pyrrole nitrogens is 1. The lowest BCUT2D eigenvalue weighted by atomic mass is 10.0. The highest BCUT2D eigenvalue weighted by Crippen LogP contribution is 2.15. The van der Waals surface area contributed by atoms with Gasteiger partial charge >= 0.3 is 5.91 Å². The number of aromatic amines is 1. The van der Waals surface area contributed by atoms with Crippen molar-refractivity contribution in [1.82, 2.24) is 0 Å². The average molecular weight is 255 g/mol. The largest absolute Gasteiger partial charge is 0.339 e. The Balaban J connectivity index is 2.09. The molecule has 1 heterocycles. The molecule has 0 atom stereocenters. The summed E-state index contributed by atoms with van der Waals surface area (Å²) >= 11 is 0. The predicted molar refractivity (Wildman–Crippen MR) is 76.2 cm³/mol. The van der Waals surface area contributed by atoms with Crippen LogP contribution in [0.4, 0.5) is 5.82 Å². The molecule has 0 aliphatic heterocycles. The molecule has 2 N–H and O–H groups in total. The van der Waals surface area contributed by atoms with Gasteiger partial charge in [0.05, 0.1) is 11.8 Å². The molecule has 19 heavy (non-hydrogen) atoms. The van der Waals surface area contributed by atoms with Crippen molar-refractivity contribution in [3.05, 3.63) is 59.3 Å². The summed E-state index contributed by atoms with van der Waals surface area (Å²) in [4.78, 5) is 15.1. The molecule has 0 aliphatic rings. The van der Waals surface area contributed by atoms with Crippen molar-refractivity contribution in [2.24, 2.45) is 0 Å². The summed E-state index contributed by atoms with van der Waals surface area (Å²) in [5.74, 6) is 1.07. The third-order valence-electron chi connectivity index (χ3n) is 3.06. The Bertz CT molecular complexity index is 556. The van der Waals surface area contributed by atoms with Crippen LogP contribution in [0.2, 0.25) is 0 Å². The van der Waals surface area contributed by atoms with Crippen LogP contribution < -0.4 is 10.3 Å². The van der Waals surface area contributed by atoms with Gasteiger partial charge in [0.25, 0.3) is 5.82 Å². The molecule has 3 nitrogen and oxygen atoms in total. The number of pyridine rings is 1. The SMILES string of the molecule is Cc1ccc(NC(=O)c2ccc(C(C)C)cc2)[nH+]c1. The summed E-state index contributed by atoms with van der Waals surface area (Å²) in [6, 6.07) is 11.5. The summed E-state index contributed by atoms with van der Waals surface area (Å²) in [7, 11) is 0. The van der Waals surface area contributed by atoms with Crippen LogP contribution in [-0.4, -0.2) is 5.91 Å². The summed E-state index contributed by atoms with van der Waals surface area (Å²) < 4.78 is 0. The zero-order valence-electron chi connectivity index (χ0n) is 11.5. The molecular weight excluding hydrogens is 236 g/mol. The number of carbonyl (C=O) groups excluding carboxylic acids is 1. The topological polar surface area (TPSA) is 43.2 Å². The van der Waals surface area contributed by atoms with E-state index in [-0.39, 0.29) is 5.91 Å². The fourth-order valence-electron chi connectivity index (χ4n) is 1.79. The molecule has 0 saturated heterocycles. The second-order valence-electron chi connectivity index (χ2n) is 5.01. The molecule has 0 saturated carbocycles. The molecule has 0 spiro atoms. The number of nitrogens with one attached hydrogen (secondary N) is 2. The molecule has 2 rings (SSSR count). The Morgan fingerprint density at radius 3 is 2.32 bits per heavy atom. The van der Waals surface area contributed by atoms with Crippen LogP contribution >= 0.6 is 0 Å². The maximum absolute atomic E-state index is 12.0. The smallest absolute Gasteiger partial charge is 0.247 e. The lowest BCUT2D eigenvalue weighted by Gasteiger charge is -2.05. The lowest BCUT2D eigenvalue weighted by molar-refractivity contribution is -0.361. The number of aryl methyl sites for hydroxylation is 1. The molecule has 0 fully saturated rings. The van der Waals surface area contributed by atoms with Gasteiger partial charge in [0.2, 0.25) is 0 Å². The average Bonchev–Trinajstić information content (AvgIpc) is 2.41. The Kier molecular flexibility index (Phi) is 3.95. The van der Waals surface area contributed by atoms with Gasteiger partial charge in [0.15, 0.2) is 0 Å². The van der Waals surface area contributed by atoms with E-state index in [1.807, 2.05) is 49.5 Å². The van der Waals surface area contributed by atoms with Crippen LogP contribution in [0.25, 0.3) is 0 Å². The van der Waals surface area contributed by atoms with Crippen LogP contribution in [0.1, 0.15) is 41.3 Å². The minimum absolute atomic E-state index is 0.101. The van der Waals surface area contributed by atoms with E-state index >= 15 is 0 Å². The fourth-order valence-corrected chi connectivity index (χ4v) is 1.79. The minimum Gasteiger partial charge on any atom is -0.247 e. The first-order valence-electron chi connectivity index (χ1n) is 6.46. The number of amides is 1. The molecule has 0 radical (unpaired) electrons. The van der Waals surface area contributed by atoms with Crippen LogP contribution in [-0.2, 0) is 0 Å². The van der Waals surface area contributed by atoms with E-state index in [4.69, 9.17) is 0 Å². The molecule has 3 heteroatoms. The van der Waals surface area contributed by atoms with Gasteiger partial charge in [0, 0.05) is 6.07 Å². The van der Waals surface area contributed by atoms with Crippen molar-refractivity contribution in [3.8, 4) is 0 Å². The number of carbonyl (C=O) groups is 1. The van der Waals surface area contributed by atoms with Crippen LogP contribution in [0.3, 0.4) is 0 Å². The third-order valence-corrected chi connectivity index (χ3v) is 3.06. The second kappa shape index (κ2) is 5.65. The zero-order valence-corrected chi connectivity index (χ0v) is 11.5. The molecule has 1 amide bonds. The summed E-state index contributed by atoms with van der Waals surface area (Å²) in [5.41, 5.74) is 3.02. The van der Waals surface area contributed by atoms with E-state index in [9.17, 15) is 4.79 Å². The minimum atomic E-state index is -0.101. The van der Waals surface area contributed by atoms with Gasteiger partial charge in [0.1, 0.15) is 0 Å². The van der Waals surface area contributed by atoms with Crippen LogP contribution in [0, 0.1) is 6.92 Å². The Morgan fingerprint density at radius 2 is 1.79 bits per heavy atom. The van der Waals surface area contributed by atoms with Crippen molar-refractivity contribution < 1.29 is 9.78 Å². The molecule has 1 aromatic heterocycles. The summed E-state index contributed by atoms with van der Waals surface area (Å²) in [6.45, 7) is 6.26. The summed E-state index contributed by atoms with van der Waals surface area (Å²) in [5, 5.41) is 2.84. The highest BCUT2D eigenvalue weighted by atomic mass is 16.1. The number of anilines is 1. The van der Waals surface area contributed by atoms with E-state index < -0.39 is 0 Å². The molecule has 0 aliphatic carbocycles. The Morgan fingerprint density at radius 1 is 1.11 bits per heavy atom. The number of hydrogen-bond donors (Lipinski definition) is 1. The van der Waals surface area contributed by atoms with Crippen LogP contribution in [0.15, 0.2) is 42.6 Å². The van der Waals surface area contributed by atoms with Crippen molar-refractivity contribution >= 4 is 11.7 Å². The molecular formula is C16H19N2O+. The Labute approximate surface area is 113 Å². The van der Waals surface area contributed by atoms with Crippen molar-refractivity contribution in [3.63, 3.8) is 0 Å². The van der Waals surface area contributed by atoms with Gasteiger partial charge < -0.3 is 0 Å². The highest BCUT2D eigenvalue weighted by molar-refractivity contribution is 6.03. The lowest BCUT2D eigenvalue weighted by Crippen LogP contribution is -2.19. The summed E-state index contributed by atoms with van der Waals surface area (Å²) in [6.07, 6.45) is 1.86. The highest BCUT2D eigenvalue weighted by Gasteiger charge is 2.12. The monoisotopic (exact) mass is 255 g/mol. The standard InChI is InChI=1S/C16H18N2O/c1-11(2)13-5-7-14(8-6-13)16(19)18-15-9-4-12(3)10-17-15/h4-11H,1-3H3,(H,17,18,19)/p+1. The van der Waals surface area contributed by atoms with E-state index in [0.717, 1.165) is 5.56 Å². The third kappa shape index (κ3) is 3.41. The van der Waals surface area contributed by atoms with Gasteiger partial charge in [-0.15, -0.1) is 0 Å². The first-order chi connectivity index (χ1) is 9.06. The fraction of sp³-hybridized carbons (Fsp3) is 0.250. The number of aromatic nitrogens is 1. The maximum atomic E-state index is 12.0. The van der Waals surface area contributed by atoms with Gasteiger partial charge in [-0.05, 0) is 42.2 Å². The quantitative estimate of drug-likeness (QED) is 0.899. The van der Waals surface area contributed by atoms with Crippen molar-refractivity contribution in [2.45, 2.75) is 26.7 Å². The van der Waals surface area contributed by atoms with Crippen LogP contribution in [0.5, 0.6) is 0 Å². The second-order valence-corrected chi connectivity index (χ2v) is 5.01. The van der Waals surface area contributed by atoms with E-state index in [2.05, 4.69) is 24.1 Å². The predicted octanol–water partition coefficient (Wildman–Crippen LogP) is 3.18. The van der Waals surface area contributed by atoms with Gasteiger partial charge in [-0.2, -0.15) is 0 Å². The Hall–Kier alpha value is -2.16. The number of benzene rings is 1. The first-order valence-corrected chi connectivity index (χ1v) is 6.46. The van der Waals surface area contributed by atoms with Gasteiger partial charge in [-0.25, -0.2) is 15.1 Å². The molecule has 1 aromatic carbocycles. The van der Waals surface area contributed by atoms with Gasteiger partial charge in [-0.1, -0.05) is 26.0 Å². The van der Waals surface area contributed by atoms with Gasteiger partial charge in [-0.3, -0.25) is 0 Å². The molecule has 98 valence electrons. The van der Waals surface area contributed by atoms with Crippen molar-refractivity contribution in [1.29, 1.82) is 0 Å². The maximum Gasteiger partial charge on any atom is 0.339 e. The number of rotatable bonds is 3. The van der Waals surface area contributed by atoms with E-state index in [1.165, 1.54) is 5.56 Å². The normalized spacial score (nSPS) is 10.5. The number of hydrogen-bond acceptors (Lipinski definition) is 1. The molecule has 2 aromatic rings. The first kappa shape index (κ1) is 13.3. The van der Waals surface area contributed by atoms with E-state index in [1.54, 1.807) is 0 Å².